The third-order valence-corrected chi connectivity index (χ3v) is 15.2. The van der Waals surface area contributed by atoms with Gasteiger partial charge < -0.3 is 28.8 Å². The van der Waals surface area contributed by atoms with Crippen molar-refractivity contribution in [3.05, 3.63) is 267 Å². The molecule has 0 spiro atoms. The van der Waals surface area contributed by atoms with Gasteiger partial charge in [0, 0.05) is 82.8 Å². The summed E-state index contributed by atoms with van der Waals surface area (Å²) in [5.74, 6) is 3.00. The molecule has 12 aromatic rings. The fourth-order valence-corrected chi connectivity index (χ4v) is 11.5. The molecule has 4 N–H and O–H groups in total. The fraction of sp³-hybridized carbons (Fsp3) is 0.139. The van der Waals surface area contributed by atoms with Crippen molar-refractivity contribution in [3.63, 3.8) is 0 Å². The van der Waals surface area contributed by atoms with E-state index in [0.717, 1.165) is 124 Å². The van der Waals surface area contributed by atoms with Crippen LogP contribution in [0.2, 0.25) is 0 Å². The second kappa shape index (κ2) is 24.5. The number of aliphatic hydroxyl groups is 2. The molecule has 0 radical (unpaired) electrons. The summed E-state index contributed by atoms with van der Waals surface area (Å²) in [7, 11) is 0. The molecule has 2 aromatic heterocycles. The van der Waals surface area contributed by atoms with Crippen molar-refractivity contribution in [1.82, 2.24) is 9.13 Å². The van der Waals surface area contributed by atoms with E-state index in [4.69, 9.17) is 9.47 Å². The molecule has 7 heteroatoms. The van der Waals surface area contributed by atoms with Crippen molar-refractivity contribution in [2.75, 3.05) is 13.2 Å². The number of para-hydroxylation sites is 6. The van der Waals surface area contributed by atoms with Gasteiger partial charge in [-0.1, -0.05) is 122 Å². The van der Waals surface area contributed by atoms with Gasteiger partial charge in [0.1, 0.15) is 11.5 Å². The van der Waals surface area contributed by atoms with E-state index in [0.29, 0.717) is 25.0 Å². The van der Waals surface area contributed by atoms with Gasteiger partial charge in [0.2, 0.25) is 0 Å². The van der Waals surface area contributed by atoms with E-state index in [1.807, 2.05) is 84.9 Å². The van der Waals surface area contributed by atoms with Gasteiger partial charge in [-0.25, -0.2) is 0 Å². The molecule has 392 valence electrons. The number of hydrogen-bond donors (Lipinski definition) is 2. The van der Waals surface area contributed by atoms with Crippen molar-refractivity contribution in [2.45, 2.75) is 39.5 Å². The van der Waals surface area contributed by atoms with Crippen molar-refractivity contribution in [2.24, 2.45) is 11.8 Å². The zero-order chi connectivity index (χ0) is 53.5. The normalized spacial score (nSPS) is 13.9. The Morgan fingerprint density at radius 3 is 1.03 bits per heavy atom. The predicted molar refractivity (Wildman–Crippen MR) is 326 cm³/mol. The maximum absolute atomic E-state index is 12.2. The minimum absolute atomic E-state index is 0. The predicted octanol–water partition coefficient (Wildman–Crippen LogP) is 18.0. The number of nitrogens with zero attached hydrogens (tertiary/aromatic N) is 2. The van der Waals surface area contributed by atoms with Crippen LogP contribution in [0.4, 0.5) is 0 Å². The molecule has 6 nitrogen and oxygen atoms in total. The monoisotopic (exact) mass is 1110 g/mol. The average molecular weight is 1110 g/mol. The SMILES string of the molecule is Cc1cc(-c2ccccc2[OH+]CC2CCCCC2C[OH+]c2ccccc2-c2cc(C)cc(-n3c4ccccc4c4ccccc43)c2O)c(O)c(-n2c3ccccc3c3ccccc32)c1.[CH2-]c1ccccc1.[CH2-]c1ccccc1.[Zr]. The molecule has 0 bridgehead atoms. The number of aromatic hydroxyl groups is 4. The van der Waals surface area contributed by atoms with E-state index in [1.54, 1.807) is 0 Å². The van der Waals surface area contributed by atoms with Crippen molar-refractivity contribution in [1.29, 1.82) is 0 Å². The van der Waals surface area contributed by atoms with Crippen molar-refractivity contribution < 1.29 is 45.9 Å². The van der Waals surface area contributed by atoms with Crippen molar-refractivity contribution in [3.8, 4) is 56.6 Å². The van der Waals surface area contributed by atoms with Gasteiger partial charge >= 0.3 is 0 Å². The Hall–Kier alpha value is -8.38. The smallest absolute Gasteiger partial charge is 0.262 e. The number of phenols is 2. The van der Waals surface area contributed by atoms with Crippen LogP contribution in [0, 0.1) is 39.5 Å². The van der Waals surface area contributed by atoms with E-state index in [9.17, 15) is 10.2 Å². The van der Waals surface area contributed by atoms with E-state index in [-0.39, 0.29) is 37.7 Å². The zero-order valence-corrected chi connectivity index (χ0v) is 47.4. The zero-order valence-electron chi connectivity index (χ0n) is 44.9. The average Bonchev–Trinajstić information content (AvgIpc) is 4.24. The Kier molecular flexibility index (Phi) is 16.8. The van der Waals surface area contributed by atoms with Crippen LogP contribution >= 0.6 is 0 Å². The Bertz CT molecular complexity index is 3660. The summed E-state index contributed by atoms with van der Waals surface area (Å²) in [5, 5.41) is 29.1. The number of ether oxygens (including phenoxy) is 2. The van der Waals surface area contributed by atoms with Gasteiger partial charge in [0.05, 0.1) is 44.6 Å². The number of hydrogen-bond acceptors (Lipinski definition) is 2. The number of rotatable bonds is 10. The molecule has 13 rings (SSSR count). The maximum atomic E-state index is 12.2. The number of phenolic OH excluding ortho intramolecular Hbond substituents is 2. The summed E-state index contributed by atoms with van der Waals surface area (Å²) in [4.78, 5) is 0. The van der Waals surface area contributed by atoms with E-state index >= 15 is 0 Å². The summed E-state index contributed by atoms with van der Waals surface area (Å²) in [6, 6.07) is 78.2. The van der Waals surface area contributed by atoms with Gasteiger partial charge in [-0.05, 0) is 98.5 Å². The second-order valence-electron chi connectivity index (χ2n) is 20.6. The van der Waals surface area contributed by atoms with Crippen LogP contribution < -0.4 is 0 Å². The first-order valence-electron chi connectivity index (χ1n) is 27.1. The molecule has 10 aromatic carbocycles. The first-order valence-corrected chi connectivity index (χ1v) is 27.1. The molecule has 0 aliphatic heterocycles. The van der Waals surface area contributed by atoms with Crippen LogP contribution in [0.3, 0.4) is 0 Å². The van der Waals surface area contributed by atoms with Gasteiger partial charge in [-0.3, -0.25) is 0 Å². The molecule has 0 amide bonds. The van der Waals surface area contributed by atoms with Gasteiger partial charge in [0.15, 0.2) is 13.2 Å². The van der Waals surface area contributed by atoms with E-state index < -0.39 is 0 Å². The molecule has 1 aliphatic rings. The number of benzene rings is 10. The molecular weight excluding hydrogens is 1050 g/mol. The Morgan fingerprint density at radius 1 is 0.392 bits per heavy atom. The van der Waals surface area contributed by atoms with Crippen LogP contribution in [0.15, 0.2) is 231 Å². The number of aryl methyl sites for hydroxylation is 2. The second-order valence-corrected chi connectivity index (χ2v) is 20.6. The summed E-state index contributed by atoms with van der Waals surface area (Å²) in [5.41, 5.74) is 13.5. The van der Waals surface area contributed by atoms with Crippen molar-refractivity contribution >= 4 is 43.6 Å². The fourth-order valence-electron chi connectivity index (χ4n) is 11.5. The molecule has 1 fully saturated rings. The van der Waals surface area contributed by atoms with Gasteiger partial charge in [-0.2, -0.15) is 49.2 Å². The Morgan fingerprint density at radius 2 is 0.696 bits per heavy atom. The van der Waals surface area contributed by atoms with E-state index in [2.05, 4.69) is 182 Å². The molecule has 2 heterocycles. The number of aromatic nitrogens is 2. The summed E-state index contributed by atoms with van der Waals surface area (Å²) >= 11 is 0. The van der Waals surface area contributed by atoms with Gasteiger partial charge in [0.25, 0.3) is 11.5 Å². The van der Waals surface area contributed by atoms with Crippen LogP contribution in [0.1, 0.15) is 47.9 Å². The number of fused-ring (bicyclic) bond motifs is 6. The Labute approximate surface area is 483 Å². The quantitative estimate of drug-likeness (QED) is 0.106. The minimum atomic E-state index is 0. The molecule has 1 saturated carbocycles. The third kappa shape index (κ3) is 11.5. The van der Waals surface area contributed by atoms with Crippen LogP contribution in [0.5, 0.6) is 23.0 Å². The molecule has 2 unspecified atom stereocenters. The standard InChI is InChI=1S/C58H50N2O4.2C7H7.Zr/c1-37-31-47(57(61)53(33-37)59-49-25-11-5-19-41(49)42-20-6-12-26-50(42)59)45-23-9-15-29-55(45)63-35-39-17-3-4-18-40(39)36-64-56-30-16-10-24-46(56)48-32-38(2)34-54(58(48)62)60-51-27-13-7-21-43(51)44-22-8-14-28-52(44)60;2*1-7-5-3-2-4-6-7;/h5-16,19-34,39-40,61-62H,3-4,17-18,35-36H2,1-2H3;2*2-6H,1H2;/q;2*-1;/p+2. The van der Waals surface area contributed by atoms with Crippen LogP contribution in [-0.4, -0.2) is 42.0 Å². The molecule has 79 heavy (non-hydrogen) atoms. The summed E-state index contributed by atoms with van der Waals surface area (Å²) in [6.07, 6.45) is 4.56. The Balaban J connectivity index is 0.000000410. The minimum Gasteiger partial charge on any atom is -0.582 e. The van der Waals surface area contributed by atoms with Crippen LogP contribution in [-0.2, 0) is 26.2 Å². The summed E-state index contributed by atoms with van der Waals surface area (Å²) < 4.78 is 15.1. The molecule has 0 saturated heterocycles. The third-order valence-electron chi connectivity index (χ3n) is 15.2. The molecular formula is C72H66N2O4Zr. The van der Waals surface area contributed by atoms with E-state index in [1.165, 1.54) is 12.8 Å². The topological polar surface area (TPSA) is 75.9 Å². The molecule has 1 aliphatic carbocycles. The van der Waals surface area contributed by atoms with Crippen LogP contribution in [0.25, 0.3) is 77.2 Å². The largest absolute Gasteiger partial charge is 0.582 e. The van der Waals surface area contributed by atoms with Gasteiger partial charge in [-0.15, -0.1) is 24.3 Å². The first-order chi connectivity index (χ1) is 38.2. The first kappa shape index (κ1) is 54.0. The summed E-state index contributed by atoms with van der Waals surface area (Å²) in [6.45, 7) is 13.0. The molecule has 2 atom stereocenters. The maximum Gasteiger partial charge on any atom is 0.262 e.